The van der Waals surface area contributed by atoms with Crippen LogP contribution in [0.15, 0.2) is 52.1 Å². The number of amides is 1. The fraction of sp³-hybridized carbons (Fsp3) is 0.304. The molecule has 0 radical (unpaired) electrons. The minimum absolute atomic E-state index is 0.332. The van der Waals surface area contributed by atoms with Gasteiger partial charge in [-0.1, -0.05) is 17.7 Å². The van der Waals surface area contributed by atoms with E-state index in [1.807, 2.05) is 68.1 Å². The van der Waals surface area contributed by atoms with Crippen molar-refractivity contribution in [3.05, 3.63) is 74.3 Å². The highest BCUT2D eigenvalue weighted by atomic mass is 16.5. The Morgan fingerprint density at radius 1 is 1.06 bits per heavy atom. The number of nitrogens with one attached hydrogen (secondary N) is 1. The highest BCUT2D eigenvalue weighted by Crippen LogP contribution is 2.28. The van der Waals surface area contributed by atoms with Crippen LogP contribution in [0.3, 0.4) is 0 Å². The van der Waals surface area contributed by atoms with Crippen LogP contribution in [0.1, 0.15) is 18.1 Å². The molecule has 9 nitrogen and oxygen atoms in total. The maximum Gasteiger partial charge on any atom is 0.333 e. The normalized spacial score (nSPS) is 12.5. The maximum atomic E-state index is 12.6. The first-order chi connectivity index (χ1) is 15.4. The SMILES string of the molecule is CCOc1ccc(N2CCn3c2nn(CC(=O)Nc2ccc(C)cc2C)c(=O)c3=O)cc1. The van der Waals surface area contributed by atoms with Gasteiger partial charge in [0, 0.05) is 24.5 Å². The van der Waals surface area contributed by atoms with E-state index in [4.69, 9.17) is 4.74 Å². The molecule has 0 saturated carbocycles. The number of hydrogen-bond donors (Lipinski definition) is 1. The van der Waals surface area contributed by atoms with Gasteiger partial charge in [-0.3, -0.25) is 19.0 Å². The topological polar surface area (TPSA) is 98.5 Å². The van der Waals surface area contributed by atoms with Crippen LogP contribution in [0.2, 0.25) is 0 Å². The minimum atomic E-state index is -0.821. The molecule has 1 aromatic heterocycles. The smallest absolute Gasteiger partial charge is 0.333 e. The van der Waals surface area contributed by atoms with E-state index in [1.165, 1.54) is 4.57 Å². The fourth-order valence-corrected chi connectivity index (χ4v) is 3.75. The number of aromatic nitrogens is 3. The number of carbonyl (C=O) groups is 1. The quantitative estimate of drug-likeness (QED) is 0.596. The van der Waals surface area contributed by atoms with Gasteiger partial charge < -0.3 is 15.0 Å². The van der Waals surface area contributed by atoms with Crippen molar-refractivity contribution in [1.29, 1.82) is 0 Å². The summed E-state index contributed by atoms with van der Waals surface area (Å²) < 4.78 is 7.75. The highest BCUT2D eigenvalue weighted by Gasteiger charge is 2.26. The van der Waals surface area contributed by atoms with Gasteiger partial charge in [-0.15, -0.1) is 5.10 Å². The maximum absolute atomic E-state index is 12.6. The van der Waals surface area contributed by atoms with E-state index < -0.39 is 17.0 Å². The average Bonchev–Trinajstić information content (AvgIpc) is 3.18. The largest absolute Gasteiger partial charge is 0.494 e. The van der Waals surface area contributed by atoms with Crippen LogP contribution < -0.4 is 26.1 Å². The lowest BCUT2D eigenvalue weighted by molar-refractivity contribution is -0.117. The van der Waals surface area contributed by atoms with Gasteiger partial charge in [-0.25, -0.2) is 4.68 Å². The first kappa shape index (κ1) is 21.4. The number of rotatable bonds is 6. The lowest BCUT2D eigenvalue weighted by atomic mass is 10.1. The second-order valence-electron chi connectivity index (χ2n) is 7.66. The predicted octanol–water partition coefficient (Wildman–Crippen LogP) is 2.21. The molecule has 0 unspecified atom stereocenters. The first-order valence-corrected chi connectivity index (χ1v) is 10.5. The van der Waals surface area contributed by atoms with Crippen LogP contribution in [0.5, 0.6) is 5.75 Å². The molecule has 1 N–H and O–H groups in total. The number of hydrogen-bond acceptors (Lipinski definition) is 6. The second kappa shape index (κ2) is 8.70. The van der Waals surface area contributed by atoms with Crippen LogP contribution >= 0.6 is 0 Å². The number of anilines is 3. The van der Waals surface area contributed by atoms with E-state index >= 15 is 0 Å². The van der Waals surface area contributed by atoms with Crippen molar-refractivity contribution >= 4 is 23.2 Å². The molecule has 9 heteroatoms. The lowest BCUT2D eigenvalue weighted by Gasteiger charge is -2.18. The Labute approximate surface area is 184 Å². The van der Waals surface area contributed by atoms with Crippen LogP contribution in [0.25, 0.3) is 0 Å². The molecule has 1 amide bonds. The number of carbonyl (C=O) groups excluding carboxylic acids is 1. The minimum Gasteiger partial charge on any atom is -0.494 e. The summed E-state index contributed by atoms with van der Waals surface area (Å²) in [5, 5.41) is 7.14. The number of fused-ring (bicyclic) bond motifs is 1. The summed E-state index contributed by atoms with van der Waals surface area (Å²) in [6.07, 6.45) is 0. The van der Waals surface area contributed by atoms with Crippen LogP contribution in [0.4, 0.5) is 17.3 Å². The van der Waals surface area contributed by atoms with Gasteiger partial charge in [0.05, 0.1) is 6.61 Å². The zero-order valence-electron chi connectivity index (χ0n) is 18.3. The van der Waals surface area contributed by atoms with Gasteiger partial charge in [0.1, 0.15) is 12.3 Å². The van der Waals surface area contributed by atoms with Crippen molar-refractivity contribution in [2.24, 2.45) is 0 Å². The van der Waals surface area contributed by atoms with Gasteiger partial charge in [-0.05, 0) is 56.7 Å². The summed E-state index contributed by atoms with van der Waals surface area (Å²) in [5.41, 5.74) is 1.95. The third kappa shape index (κ3) is 4.14. The van der Waals surface area contributed by atoms with Gasteiger partial charge >= 0.3 is 11.1 Å². The standard InChI is InChI=1S/C23H25N5O4/c1-4-32-18-8-6-17(7-9-18)26-11-12-27-21(30)22(31)28(25-23(26)27)14-20(29)24-19-10-5-15(2)13-16(19)3/h5-10,13H,4,11-12,14H2,1-3H3,(H,24,29). The summed E-state index contributed by atoms with van der Waals surface area (Å²) >= 11 is 0. The fourth-order valence-electron chi connectivity index (χ4n) is 3.75. The Hall–Kier alpha value is -3.88. The molecule has 166 valence electrons. The highest BCUT2D eigenvalue weighted by molar-refractivity contribution is 5.91. The molecule has 0 saturated heterocycles. The zero-order chi connectivity index (χ0) is 22.8. The monoisotopic (exact) mass is 435 g/mol. The van der Waals surface area contributed by atoms with Crippen molar-refractivity contribution < 1.29 is 9.53 Å². The molecule has 32 heavy (non-hydrogen) atoms. The van der Waals surface area contributed by atoms with Gasteiger partial charge in [-0.2, -0.15) is 0 Å². The van der Waals surface area contributed by atoms with Gasteiger partial charge in [0.2, 0.25) is 11.9 Å². The Kier molecular flexibility index (Phi) is 5.81. The predicted molar refractivity (Wildman–Crippen MR) is 122 cm³/mol. The molecule has 0 aliphatic carbocycles. The number of ether oxygens (including phenoxy) is 1. The third-order valence-electron chi connectivity index (χ3n) is 5.31. The van der Waals surface area contributed by atoms with E-state index in [0.717, 1.165) is 27.2 Å². The summed E-state index contributed by atoms with van der Waals surface area (Å²) in [5.74, 6) is 0.647. The molecule has 0 spiro atoms. The van der Waals surface area contributed by atoms with E-state index in [0.29, 0.717) is 31.3 Å². The van der Waals surface area contributed by atoms with Crippen molar-refractivity contribution in [3.63, 3.8) is 0 Å². The van der Waals surface area contributed by atoms with Crippen LogP contribution in [-0.2, 0) is 17.9 Å². The summed E-state index contributed by atoms with van der Waals surface area (Å²) in [6.45, 7) is 6.83. The molecule has 1 aliphatic rings. The molecule has 0 bridgehead atoms. The number of nitrogens with zero attached hydrogens (tertiary/aromatic N) is 4. The Morgan fingerprint density at radius 2 is 1.81 bits per heavy atom. The van der Waals surface area contributed by atoms with E-state index in [-0.39, 0.29) is 6.54 Å². The lowest BCUT2D eigenvalue weighted by Crippen LogP contribution is -2.44. The molecule has 0 atom stereocenters. The molecule has 2 heterocycles. The third-order valence-corrected chi connectivity index (χ3v) is 5.31. The Balaban J connectivity index is 1.60. The molecule has 0 fully saturated rings. The van der Waals surface area contributed by atoms with Crippen molar-refractivity contribution in [1.82, 2.24) is 14.3 Å². The van der Waals surface area contributed by atoms with Crippen LogP contribution in [0, 0.1) is 13.8 Å². The summed E-state index contributed by atoms with van der Waals surface area (Å²) in [4.78, 5) is 39.6. The van der Waals surface area contributed by atoms with E-state index in [9.17, 15) is 14.4 Å². The Morgan fingerprint density at radius 3 is 2.50 bits per heavy atom. The second-order valence-corrected chi connectivity index (χ2v) is 7.66. The van der Waals surface area contributed by atoms with E-state index in [2.05, 4.69) is 10.4 Å². The van der Waals surface area contributed by atoms with Crippen molar-refractivity contribution in [3.8, 4) is 5.75 Å². The molecular formula is C23H25N5O4. The van der Waals surface area contributed by atoms with Crippen molar-refractivity contribution in [2.75, 3.05) is 23.4 Å². The summed E-state index contributed by atoms with van der Waals surface area (Å²) in [6, 6.07) is 13.1. The molecule has 1 aliphatic heterocycles. The van der Waals surface area contributed by atoms with Gasteiger partial charge in [0.25, 0.3) is 0 Å². The molecule has 4 rings (SSSR count). The Bertz CT molecular complexity index is 1280. The van der Waals surface area contributed by atoms with E-state index in [1.54, 1.807) is 0 Å². The number of aryl methyl sites for hydroxylation is 2. The average molecular weight is 435 g/mol. The summed E-state index contributed by atoms with van der Waals surface area (Å²) in [7, 11) is 0. The molecule has 2 aromatic carbocycles. The molecular weight excluding hydrogens is 410 g/mol. The molecule has 3 aromatic rings. The van der Waals surface area contributed by atoms with Gasteiger partial charge in [0.15, 0.2) is 0 Å². The van der Waals surface area contributed by atoms with Crippen molar-refractivity contribution in [2.45, 2.75) is 33.9 Å². The first-order valence-electron chi connectivity index (χ1n) is 10.5. The zero-order valence-corrected chi connectivity index (χ0v) is 18.3. The van der Waals surface area contributed by atoms with Crippen LogP contribution in [-0.4, -0.2) is 33.4 Å². The number of benzene rings is 2.